The molecule has 6 nitrogen and oxygen atoms in total. The summed E-state index contributed by atoms with van der Waals surface area (Å²) in [5, 5.41) is 17.0. The maximum atomic E-state index is 6.02. The fourth-order valence-electron chi connectivity index (χ4n) is 3.58. The number of aromatic nitrogens is 4. The molecule has 0 bridgehead atoms. The van der Waals surface area contributed by atoms with Crippen LogP contribution in [0.15, 0.2) is 48.5 Å². The van der Waals surface area contributed by atoms with E-state index in [9.17, 15) is 0 Å². The normalized spacial score (nSPS) is 15.8. The van der Waals surface area contributed by atoms with Gasteiger partial charge in [-0.15, -0.1) is 5.10 Å². The number of benzene rings is 2. The van der Waals surface area contributed by atoms with Gasteiger partial charge in [-0.3, -0.25) is 0 Å². The molecule has 0 spiro atoms. The number of methoxy groups -OCH3 is 1. The fraction of sp³-hybridized carbons (Fsp3) is 0.316. The highest BCUT2D eigenvalue weighted by atomic mass is 35.5. The second-order valence-corrected chi connectivity index (χ2v) is 6.97. The molecule has 0 saturated heterocycles. The second-order valence-electron chi connectivity index (χ2n) is 6.53. The molecule has 2 aromatic carbocycles. The third-order valence-corrected chi connectivity index (χ3v) is 5.15. The van der Waals surface area contributed by atoms with E-state index >= 15 is 0 Å². The first-order valence-corrected chi connectivity index (χ1v) is 9.05. The predicted molar refractivity (Wildman–Crippen MR) is 101 cm³/mol. The van der Waals surface area contributed by atoms with Crippen LogP contribution in [0.4, 0.5) is 5.69 Å². The molecular weight excluding hydrogens is 350 g/mol. The molecule has 134 valence electrons. The summed E-state index contributed by atoms with van der Waals surface area (Å²) >= 11 is 6.02. The quantitative estimate of drug-likeness (QED) is 0.730. The zero-order valence-electron chi connectivity index (χ0n) is 14.5. The summed E-state index contributed by atoms with van der Waals surface area (Å²) in [6.45, 7) is 0. The zero-order chi connectivity index (χ0) is 18.0. The molecule has 4 rings (SSSR count). The molecule has 1 aliphatic rings. The summed E-state index contributed by atoms with van der Waals surface area (Å²) < 4.78 is 7.05. The van der Waals surface area contributed by atoms with Gasteiger partial charge < -0.3 is 10.1 Å². The SMILES string of the molecule is COc1ccc(-n2nnnc2C2(Nc3ccc(Cl)cc3)CCCC2)cc1. The molecule has 3 aromatic rings. The molecule has 1 heterocycles. The number of ether oxygens (including phenoxy) is 1. The summed E-state index contributed by atoms with van der Waals surface area (Å²) in [5.41, 5.74) is 1.63. The van der Waals surface area contributed by atoms with Gasteiger partial charge >= 0.3 is 0 Å². The van der Waals surface area contributed by atoms with Crippen LogP contribution in [0.25, 0.3) is 5.69 Å². The van der Waals surface area contributed by atoms with E-state index in [4.69, 9.17) is 16.3 Å². The van der Waals surface area contributed by atoms with E-state index in [0.29, 0.717) is 0 Å². The smallest absolute Gasteiger partial charge is 0.181 e. The van der Waals surface area contributed by atoms with Crippen LogP contribution in [0.1, 0.15) is 31.5 Å². The molecule has 1 saturated carbocycles. The molecule has 1 aliphatic carbocycles. The molecule has 1 fully saturated rings. The van der Waals surface area contributed by atoms with Gasteiger partial charge in [-0.05, 0) is 71.8 Å². The predicted octanol–water partition coefficient (Wildman–Crippen LogP) is 4.21. The molecule has 1 N–H and O–H groups in total. The number of anilines is 1. The first-order chi connectivity index (χ1) is 12.7. The summed E-state index contributed by atoms with van der Waals surface area (Å²) in [6, 6.07) is 15.5. The van der Waals surface area contributed by atoms with Crippen LogP contribution in [0, 0.1) is 0 Å². The lowest BCUT2D eigenvalue weighted by Gasteiger charge is -2.30. The van der Waals surface area contributed by atoms with Crippen molar-refractivity contribution in [3.05, 3.63) is 59.4 Å². The third kappa shape index (κ3) is 3.12. The van der Waals surface area contributed by atoms with Gasteiger partial charge in [-0.25, -0.2) is 0 Å². The van der Waals surface area contributed by atoms with E-state index in [0.717, 1.165) is 53.7 Å². The van der Waals surface area contributed by atoms with Crippen molar-refractivity contribution in [3.63, 3.8) is 0 Å². The summed E-state index contributed by atoms with van der Waals surface area (Å²) in [5.74, 6) is 1.63. The lowest BCUT2D eigenvalue weighted by atomic mass is 9.95. The zero-order valence-corrected chi connectivity index (χ0v) is 15.3. The van der Waals surface area contributed by atoms with Crippen molar-refractivity contribution >= 4 is 17.3 Å². The molecule has 0 radical (unpaired) electrons. The molecule has 0 aliphatic heterocycles. The van der Waals surface area contributed by atoms with Crippen molar-refractivity contribution < 1.29 is 4.74 Å². The van der Waals surface area contributed by atoms with Gasteiger partial charge in [0.2, 0.25) is 0 Å². The first kappa shape index (κ1) is 16.8. The van der Waals surface area contributed by atoms with E-state index in [1.165, 1.54) is 0 Å². The Balaban J connectivity index is 1.71. The van der Waals surface area contributed by atoms with Crippen LogP contribution in [-0.2, 0) is 5.54 Å². The number of halogens is 1. The van der Waals surface area contributed by atoms with Gasteiger partial charge in [-0.1, -0.05) is 24.4 Å². The van der Waals surface area contributed by atoms with Gasteiger partial charge in [0.15, 0.2) is 5.82 Å². The summed E-state index contributed by atoms with van der Waals surface area (Å²) in [4.78, 5) is 0. The van der Waals surface area contributed by atoms with E-state index in [-0.39, 0.29) is 5.54 Å². The number of tetrazole rings is 1. The minimum Gasteiger partial charge on any atom is -0.497 e. The Hall–Kier alpha value is -2.60. The van der Waals surface area contributed by atoms with Crippen molar-refractivity contribution in [1.82, 2.24) is 20.2 Å². The van der Waals surface area contributed by atoms with E-state index in [2.05, 4.69) is 20.8 Å². The van der Waals surface area contributed by atoms with Crippen molar-refractivity contribution in [2.24, 2.45) is 0 Å². The van der Waals surface area contributed by atoms with Crippen LogP contribution in [0.5, 0.6) is 5.75 Å². The molecule has 0 amide bonds. The van der Waals surface area contributed by atoms with Crippen LogP contribution in [-0.4, -0.2) is 27.3 Å². The highest BCUT2D eigenvalue weighted by Gasteiger charge is 2.40. The van der Waals surface area contributed by atoms with Crippen molar-refractivity contribution in [2.45, 2.75) is 31.2 Å². The van der Waals surface area contributed by atoms with E-state index < -0.39 is 0 Å². The average molecular weight is 370 g/mol. The lowest BCUT2D eigenvalue weighted by molar-refractivity contribution is 0.414. The topological polar surface area (TPSA) is 64.9 Å². The first-order valence-electron chi connectivity index (χ1n) is 8.67. The highest BCUT2D eigenvalue weighted by molar-refractivity contribution is 6.30. The Morgan fingerprint density at radius 1 is 1.04 bits per heavy atom. The number of nitrogens with one attached hydrogen (secondary N) is 1. The number of hydrogen-bond acceptors (Lipinski definition) is 5. The summed E-state index contributed by atoms with van der Waals surface area (Å²) in [7, 11) is 1.65. The molecule has 7 heteroatoms. The Morgan fingerprint density at radius 3 is 2.38 bits per heavy atom. The molecular formula is C19H20ClN5O. The van der Waals surface area contributed by atoms with Crippen LogP contribution in [0.2, 0.25) is 5.02 Å². The standard InChI is InChI=1S/C19H20ClN5O/c1-26-17-10-8-16(9-11-17)25-18(22-23-24-25)19(12-2-3-13-19)21-15-6-4-14(20)5-7-15/h4-11,21H,2-3,12-13H2,1H3. The molecule has 1 aromatic heterocycles. The number of hydrogen-bond donors (Lipinski definition) is 1. The van der Waals surface area contributed by atoms with Gasteiger partial charge in [0.05, 0.1) is 18.3 Å². The third-order valence-electron chi connectivity index (χ3n) is 4.90. The van der Waals surface area contributed by atoms with Crippen LogP contribution in [0.3, 0.4) is 0 Å². The van der Waals surface area contributed by atoms with Crippen molar-refractivity contribution in [2.75, 3.05) is 12.4 Å². The van der Waals surface area contributed by atoms with Crippen molar-refractivity contribution in [1.29, 1.82) is 0 Å². The van der Waals surface area contributed by atoms with Crippen LogP contribution < -0.4 is 10.1 Å². The Bertz CT molecular complexity index is 870. The maximum absolute atomic E-state index is 6.02. The van der Waals surface area contributed by atoms with Crippen molar-refractivity contribution in [3.8, 4) is 11.4 Å². The van der Waals surface area contributed by atoms with E-state index in [1.54, 1.807) is 7.11 Å². The fourth-order valence-corrected chi connectivity index (χ4v) is 3.70. The number of nitrogens with zero attached hydrogens (tertiary/aromatic N) is 4. The molecule has 0 unspecified atom stereocenters. The maximum Gasteiger partial charge on any atom is 0.181 e. The van der Waals surface area contributed by atoms with Crippen LogP contribution >= 0.6 is 11.6 Å². The summed E-state index contributed by atoms with van der Waals surface area (Å²) in [6.07, 6.45) is 4.23. The highest BCUT2D eigenvalue weighted by Crippen LogP contribution is 2.41. The largest absolute Gasteiger partial charge is 0.497 e. The van der Waals surface area contributed by atoms with Gasteiger partial charge in [0.25, 0.3) is 0 Å². The van der Waals surface area contributed by atoms with E-state index in [1.807, 2.05) is 53.2 Å². The minimum atomic E-state index is -0.294. The average Bonchev–Trinajstić information content (AvgIpc) is 3.34. The molecule has 26 heavy (non-hydrogen) atoms. The Kier molecular flexibility index (Phi) is 4.51. The molecule has 0 atom stereocenters. The minimum absolute atomic E-state index is 0.294. The monoisotopic (exact) mass is 369 g/mol. The number of rotatable bonds is 5. The second kappa shape index (κ2) is 6.96. The van der Waals surface area contributed by atoms with Gasteiger partial charge in [-0.2, -0.15) is 4.68 Å². The lowest BCUT2D eigenvalue weighted by Crippen LogP contribution is -2.35. The Morgan fingerprint density at radius 2 is 1.73 bits per heavy atom. The van der Waals surface area contributed by atoms with Gasteiger partial charge in [0.1, 0.15) is 5.75 Å². The van der Waals surface area contributed by atoms with Gasteiger partial charge in [0, 0.05) is 10.7 Å². The Labute approximate surface area is 157 Å².